The standard InChI is InChI=1S/C14H17BrN2O3/c15-11-4-2-10(3-5-11)13(19)16-8-12(18)17-9-14(20)6-1-7-14/h2-5,20H,1,6-9H2,(H,16,19)(H,17,18). The van der Waals surface area contributed by atoms with Crippen molar-refractivity contribution >= 4 is 27.7 Å². The van der Waals surface area contributed by atoms with Crippen molar-refractivity contribution in [3.8, 4) is 0 Å². The van der Waals surface area contributed by atoms with E-state index in [0.717, 1.165) is 23.7 Å². The third-order valence-electron chi connectivity index (χ3n) is 3.41. The van der Waals surface area contributed by atoms with E-state index in [1.165, 1.54) is 0 Å². The van der Waals surface area contributed by atoms with Crippen molar-refractivity contribution < 1.29 is 14.7 Å². The van der Waals surface area contributed by atoms with Crippen molar-refractivity contribution in [2.45, 2.75) is 24.9 Å². The molecule has 5 nitrogen and oxygen atoms in total. The molecule has 2 rings (SSSR count). The average molecular weight is 341 g/mol. The molecule has 6 heteroatoms. The third kappa shape index (κ3) is 4.05. The first-order chi connectivity index (χ1) is 9.48. The van der Waals surface area contributed by atoms with E-state index in [0.29, 0.717) is 5.56 Å². The largest absolute Gasteiger partial charge is 0.388 e. The Morgan fingerprint density at radius 1 is 1.20 bits per heavy atom. The second-order valence-corrected chi connectivity index (χ2v) is 5.96. The van der Waals surface area contributed by atoms with E-state index in [4.69, 9.17) is 0 Å². The summed E-state index contributed by atoms with van der Waals surface area (Å²) in [4.78, 5) is 23.3. The number of amides is 2. The van der Waals surface area contributed by atoms with Gasteiger partial charge in [-0.3, -0.25) is 9.59 Å². The number of carbonyl (C=O) groups excluding carboxylic acids is 2. The zero-order chi connectivity index (χ0) is 14.6. The number of rotatable bonds is 5. The van der Waals surface area contributed by atoms with E-state index >= 15 is 0 Å². The molecule has 0 atom stereocenters. The fourth-order valence-corrected chi connectivity index (χ4v) is 2.22. The Bertz CT molecular complexity index is 498. The molecule has 3 N–H and O–H groups in total. The van der Waals surface area contributed by atoms with Crippen molar-refractivity contribution in [1.82, 2.24) is 10.6 Å². The van der Waals surface area contributed by atoms with Crippen LogP contribution in [0.2, 0.25) is 0 Å². The smallest absolute Gasteiger partial charge is 0.251 e. The maximum absolute atomic E-state index is 11.8. The molecule has 1 aromatic carbocycles. The molecule has 0 heterocycles. The molecule has 1 saturated carbocycles. The Labute approximate surface area is 125 Å². The van der Waals surface area contributed by atoms with Gasteiger partial charge in [-0.2, -0.15) is 0 Å². The molecule has 20 heavy (non-hydrogen) atoms. The summed E-state index contributed by atoms with van der Waals surface area (Å²) in [6.45, 7) is 0.158. The highest BCUT2D eigenvalue weighted by molar-refractivity contribution is 9.10. The molecule has 2 amide bonds. The molecular formula is C14H17BrN2O3. The van der Waals surface area contributed by atoms with E-state index in [-0.39, 0.29) is 24.9 Å². The zero-order valence-corrected chi connectivity index (χ0v) is 12.6. The number of halogens is 1. The Hall–Kier alpha value is -1.40. The Morgan fingerprint density at radius 3 is 2.40 bits per heavy atom. The molecule has 0 unspecified atom stereocenters. The molecule has 1 aliphatic carbocycles. The van der Waals surface area contributed by atoms with Crippen LogP contribution >= 0.6 is 15.9 Å². The highest BCUT2D eigenvalue weighted by Crippen LogP contribution is 2.30. The Balaban J connectivity index is 1.72. The molecule has 1 aromatic rings. The summed E-state index contributed by atoms with van der Waals surface area (Å²) in [6.07, 6.45) is 2.43. The van der Waals surface area contributed by atoms with Gasteiger partial charge in [0.05, 0.1) is 12.1 Å². The van der Waals surface area contributed by atoms with E-state index in [2.05, 4.69) is 26.6 Å². The first kappa shape index (κ1) is 15.0. The second-order valence-electron chi connectivity index (χ2n) is 5.04. The highest BCUT2D eigenvalue weighted by atomic mass is 79.9. The van der Waals surface area contributed by atoms with E-state index in [1.807, 2.05) is 0 Å². The molecule has 0 aliphatic heterocycles. The first-order valence-corrected chi connectivity index (χ1v) is 7.31. The lowest BCUT2D eigenvalue weighted by Crippen LogP contribution is -2.49. The molecule has 0 bridgehead atoms. The highest BCUT2D eigenvalue weighted by Gasteiger charge is 2.34. The van der Waals surface area contributed by atoms with Gasteiger partial charge in [-0.15, -0.1) is 0 Å². The lowest BCUT2D eigenvalue weighted by Gasteiger charge is -2.36. The van der Waals surface area contributed by atoms with Crippen molar-refractivity contribution in [2.75, 3.05) is 13.1 Å². The minimum Gasteiger partial charge on any atom is -0.388 e. The van der Waals surface area contributed by atoms with Crippen molar-refractivity contribution in [3.63, 3.8) is 0 Å². The van der Waals surface area contributed by atoms with Crippen LogP contribution in [-0.4, -0.2) is 35.6 Å². The Kier molecular flexibility index (Phi) is 4.77. The number of hydrogen-bond donors (Lipinski definition) is 3. The average Bonchev–Trinajstić information content (AvgIpc) is 2.41. The molecule has 0 saturated heterocycles. The molecular weight excluding hydrogens is 324 g/mol. The van der Waals surface area contributed by atoms with E-state index < -0.39 is 5.60 Å². The van der Waals surface area contributed by atoms with Gasteiger partial charge in [0.2, 0.25) is 5.91 Å². The molecule has 0 aromatic heterocycles. The topological polar surface area (TPSA) is 78.4 Å². The zero-order valence-electron chi connectivity index (χ0n) is 11.0. The number of nitrogens with one attached hydrogen (secondary N) is 2. The van der Waals surface area contributed by atoms with Gasteiger partial charge in [0.25, 0.3) is 5.91 Å². The SMILES string of the molecule is O=C(CNC(=O)c1ccc(Br)cc1)NCC1(O)CCC1. The minimum absolute atomic E-state index is 0.0923. The van der Waals surface area contributed by atoms with Crippen LogP contribution in [0.3, 0.4) is 0 Å². The van der Waals surface area contributed by atoms with Crippen molar-refractivity contribution in [2.24, 2.45) is 0 Å². The molecule has 0 spiro atoms. The fraction of sp³-hybridized carbons (Fsp3) is 0.429. The maximum Gasteiger partial charge on any atom is 0.251 e. The third-order valence-corrected chi connectivity index (χ3v) is 3.94. The predicted octanol–water partition coefficient (Wildman–Crippen LogP) is 1.21. The van der Waals surface area contributed by atoms with Gasteiger partial charge < -0.3 is 15.7 Å². The lowest BCUT2D eigenvalue weighted by molar-refractivity contribution is -0.122. The van der Waals surface area contributed by atoms with E-state index in [9.17, 15) is 14.7 Å². The van der Waals surface area contributed by atoms with Crippen LogP contribution in [-0.2, 0) is 4.79 Å². The minimum atomic E-state index is -0.745. The summed E-state index contributed by atoms with van der Waals surface area (Å²) in [6, 6.07) is 6.88. The van der Waals surface area contributed by atoms with Crippen LogP contribution in [0.25, 0.3) is 0 Å². The molecule has 1 aliphatic rings. The predicted molar refractivity (Wildman–Crippen MR) is 78.3 cm³/mol. The van der Waals surface area contributed by atoms with Gasteiger partial charge in [0, 0.05) is 16.6 Å². The number of aliphatic hydroxyl groups is 1. The van der Waals surface area contributed by atoms with Crippen LogP contribution < -0.4 is 10.6 Å². The Morgan fingerprint density at radius 2 is 1.85 bits per heavy atom. The van der Waals surface area contributed by atoms with Crippen molar-refractivity contribution in [3.05, 3.63) is 34.3 Å². The number of benzene rings is 1. The van der Waals surface area contributed by atoms with Gasteiger partial charge in [0.15, 0.2) is 0 Å². The van der Waals surface area contributed by atoms with Gasteiger partial charge >= 0.3 is 0 Å². The first-order valence-electron chi connectivity index (χ1n) is 6.51. The summed E-state index contributed by atoms with van der Waals surface area (Å²) >= 11 is 3.29. The van der Waals surface area contributed by atoms with Crippen LogP contribution in [0.1, 0.15) is 29.6 Å². The summed E-state index contributed by atoms with van der Waals surface area (Å²) in [7, 11) is 0. The number of carbonyl (C=O) groups is 2. The monoisotopic (exact) mass is 340 g/mol. The normalized spacial score (nSPS) is 16.1. The van der Waals surface area contributed by atoms with Crippen LogP contribution in [0.15, 0.2) is 28.7 Å². The number of hydrogen-bond acceptors (Lipinski definition) is 3. The van der Waals surface area contributed by atoms with E-state index in [1.54, 1.807) is 24.3 Å². The second kappa shape index (κ2) is 6.37. The van der Waals surface area contributed by atoms with Crippen LogP contribution in [0, 0.1) is 0 Å². The summed E-state index contributed by atoms with van der Waals surface area (Å²) in [5.41, 5.74) is -0.246. The fourth-order valence-electron chi connectivity index (χ4n) is 1.95. The van der Waals surface area contributed by atoms with Gasteiger partial charge in [0.1, 0.15) is 0 Å². The molecule has 108 valence electrons. The maximum atomic E-state index is 11.8. The lowest BCUT2D eigenvalue weighted by atomic mass is 9.80. The molecule has 1 fully saturated rings. The summed E-state index contributed by atoms with van der Waals surface area (Å²) < 4.78 is 0.889. The van der Waals surface area contributed by atoms with Crippen molar-refractivity contribution in [1.29, 1.82) is 0 Å². The van der Waals surface area contributed by atoms with Gasteiger partial charge in [-0.1, -0.05) is 15.9 Å². The van der Waals surface area contributed by atoms with Crippen LogP contribution in [0.5, 0.6) is 0 Å². The van der Waals surface area contributed by atoms with Crippen LogP contribution in [0.4, 0.5) is 0 Å². The molecule has 0 radical (unpaired) electrons. The summed E-state index contributed by atoms with van der Waals surface area (Å²) in [5, 5.41) is 15.0. The quantitative estimate of drug-likeness (QED) is 0.753. The van der Waals surface area contributed by atoms with Gasteiger partial charge in [-0.05, 0) is 43.5 Å². The van der Waals surface area contributed by atoms with Gasteiger partial charge in [-0.25, -0.2) is 0 Å². The summed E-state index contributed by atoms with van der Waals surface area (Å²) in [5.74, 6) is -0.592.